The highest BCUT2D eigenvalue weighted by atomic mass is 16.6. The summed E-state index contributed by atoms with van der Waals surface area (Å²) < 4.78 is 15.7. The molecule has 4 atom stereocenters. The molecule has 7 heteroatoms. The van der Waals surface area contributed by atoms with Gasteiger partial charge in [-0.05, 0) is 27.8 Å². The zero-order valence-corrected chi connectivity index (χ0v) is 16.0. The second-order valence-electron chi connectivity index (χ2n) is 6.89. The number of carbonyl (C=O) groups is 3. The van der Waals surface area contributed by atoms with Crippen molar-refractivity contribution in [1.29, 1.82) is 0 Å². The molecular formula is C19H27NO6. The first kappa shape index (κ1) is 20.2. The van der Waals surface area contributed by atoms with Gasteiger partial charge in [-0.1, -0.05) is 6.08 Å². The molecule has 2 heterocycles. The molecule has 0 saturated carbocycles. The Hall–Kier alpha value is -2.15. The van der Waals surface area contributed by atoms with Crippen LogP contribution in [0.2, 0.25) is 0 Å². The number of fused-ring (bicyclic) bond motifs is 2. The first-order chi connectivity index (χ1) is 12.3. The smallest absolute Gasteiger partial charge is 0.333 e. The van der Waals surface area contributed by atoms with Gasteiger partial charge in [0, 0.05) is 42.5 Å². The van der Waals surface area contributed by atoms with Crippen LogP contribution in [0.5, 0.6) is 0 Å². The molecule has 2 aliphatic heterocycles. The van der Waals surface area contributed by atoms with Crippen molar-refractivity contribution in [3.63, 3.8) is 0 Å². The molecule has 0 N–H and O–H groups in total. The number of nitrogens with zero attached hydrogens (tertiary/aromatic N) is 1. The standard InChI is InChI=1S/C19H27NO6/c1-6-11(2)19(23)26-16-9-13-8-14(10-15(16)20(13)4)25-17(21)7-12(3)18(22)24-5/h6-7,13-16H,8-10H2,1-5H3/b11-6+,12-7+/t13-,14+,15-,16-/m0/s1. The van der Waals surface area contributed by atoms with Crippen molar-refractivity contribution < 1.29 is 28.6 Å². The summed E-state index contributed by atoms with van der Waals surface area (Å²) in [6.45, 7) is 5.03. The number of hydrogen-bond acceptors (Lipinski definition) is 7. The Bertz CT molecular complexity index is 638. The molecule has 0 spiro atoms. The Morgan fingerprint density at radius 2 is 1.69 bits per heavy atom. The van der Waals surface area contributed by atoms with Gasteiger partial charge >= 0.3 is 17.9 Å². The maximum Gasteiger partial charge on any atom is 0.333 e. The van der Waals surface area contributed by atoms with Gasteiger partial charge in [0.1, 0.15) is 12.2 Å². The zero-order chi connectivity index (χ0) is 19.4. The van der Waals surface area contributed by atoms with Crippen LogP contribution in [0.1, 0.15) is 40.0 Å². The van der Waals surface area contributed by atoms with Crippen LogP contribution in [0.15, 0.2) is 23.3 Å². The molecule has 2 saturated heterocycles. The number of likely N-dealkylation sites (N-methyl/N-ethyl adjacent to an activating group) is 1. The highest BCUT2D eigenvalue weighted by Crippen LogP contribution is 2.37. The van der Waals surface area contributed by atoms with Gasteiger partial charge in [0.15, 0.2) is 0 Å². The summed E-state index contributed by atoms with van der Waals surface area (Å²) >= 11 is 0. The molecule has 2 rings (SSSR count). The number of hydrogen-bond donors (Lipinski definition) is 0. The predicted octanol–water partition coefficient (Wildman–Crippen LogP) is 1.76. The largest absolute Gasteiger partial charge is 0.466 e. The van der Waals surface area contributed by atoms with Crippen LogP contribution in [-0.2, 0) is 28.6 Å². The molecule has 2 bridgehead atoms. The van der Waals surface area contributed by atoms with Crippen LogP contribution in [0, 0.1) is 0 Å². The topological polar surface area (TPSA) is 82.1 Å². The van der Waals surface area contributed by atoms with Crippen LogP contribution in [0.25, 0.3) is 0 Å². The Balaban J connectivity index is 1.97. The van der Waals surface area contributed by atoms with E-state index in [2.05, 4.69) is 9.64 Å². The summed E-state index contributed by atoms with van der Waals surface area (Å²) in [6.07, 6.45) is 4.42. The predicted molar refractivity (Wildman–Crippen MR) is 94.2 cm³/mol. The van der Waals surface area contributed by atoms with Gasteiger partial charge in [-0.25, -0.2) is 14.4 Å². The summed E-state index contributed by atoms with van der Waals surface area (Å²) in [5.41, 5.74) is 0.780. The molecule has 0 radical (unpaired) electrons. The first-order valence-corrected chi connectivity index (χ1v) is 8.79. The Labute approximate surface area is 154 Å². The van der Waals surface area contributed by atoms with Crippen LogP contribution < -0.4 is 0 Å². The van der Waals surface area contributed by atoms with Crippen molar-refractivity contribution in [2.75, 3.05) is 14.2 Å². The normalized spacial score (nSPS) is 29.3. The van der Waals surface area contributed by atoms with Crippen molar-refractivity contribution in [3.05, 3.63) is 23.3 Å². The minimum atomic E-state index is -0.559. The minimum Gasteiger partial charge on any atom is -0.466 e. The maximum absolute atomic E-state index is 12.1. The number of piperidine rings is 1. The molecule has 2 aliphatic rings. The van der Waals surface area contributed by atoms with E-state index >= 15 is 0 Å². The number of carbonyl (C=O) groups excluding carboxylic acids is 3. The lowest BCUT2D eigenvalue weighted by Crippen LogP contribution is -2.46. The van der Waals surface area contributed by atoms with Crippen LogP contribution in [0.4, 0.5) is 0 Å². The SMILES string of the molecule is C/C=C(\C)C(=O)O[C@H]1C[C@@H]2C[C@@H](OC(=O)/C=C(\C)C(=O)OC)C[C@@H]1N2C. The van der Waals surface area contributed by atoms with Crippen molar-refractivity contribution in [3.8, 4) is 0 Å². The lowest BCUT2D eigenvalue weighted by atomic mass is 10.00. The third-order valence-corrected chi connectivity index (χ3v) is 5.21. The summed E-state index contributed by atoms with van der Waals surface area (Å²) in [5.74, 6) is -1.42. The zero-order valence-electron chi connectivity index (χ0n) is 16.0. The van der Waals surface area contributed by atoms with E-state index in [9.17, 15) is 14.4 Å². The molecule has 0 aromatic heterocycles. The third-order valence-electron chi connectivity index (χ3n) is 5.21. The molecule has 0 aromatic carbocycles. The first-order valence-electron chi connectivity index (χ1n) is 8.79. The van der Waals surface area contributed by atoms with Gasteiger partial charge in [0.2, 0.25) is 0 Å². The number of esters is 3. The van der Waals surface area contributed by atoms with Gasteiger partial charge < -0.3 is 14.2 Å². The summed E-state index contributed by atoms with van der Waals surface area (Å²) in [5, 5.41) is 0. The highest BCUT2D eigenvalue weighted by Gasteiger charge is 2.47. The lowest BCUT2D eigenvalue weighted by Gasteiger charge is -2.36. The monoisotopic (exact) mass is 365 g/mol. The van der Waals surface area contributed by atoms with E-state index in [1.807, 2.05) is 7.05 Å². The van der Waals surface area contributed by atoms with Gasteiger partial charge in [0.05, 0.1) is 13.2 Å². The lowest BCUT2D eigenvalue weighted by molar-refractivity contribution is -0.150. The van der Waals surface area contributed by atoms with E-state index < -0.39 is 11.9 Å². The molecule has 144 valence electrons. The quantitative estimate of drug-likeness (QED) is 0.417. The number of ether oxygens (including phenoxy) is 3. The Morgan fingerprint density at radius 3 is 2.31 bits per heavy atom. The van der Waals surface area contributed by atoms with Crippen molar-refractivity contribution in [1.82, 2.24) is 4.90 Å². The highest BCUT2D eigenvalue weighted by molar-refractivity contribution is 5.95. The van der Waals surface area contributed by atoms with E-state index in [1.54, 1.807) is 19.9 Å². The molecular weight excluding hydrogens is 338 g/mol. The van der Waals surface area contributed by atoms with Crippen molar-refractivity contribution >= 4 is 17.9 Å². The summed E-state index contributed by atoms with van der Waals surface area (Å²) in [4.78, 5) is 37.6. The van der Waals surface area contributed by atoms with E-state index in [0.717, 1.165) is 12.5 Å². The second-order valence-corrected chi connectivity index (χ2v) is 6.89. The van der Waals surface area contributed by atoms with Crippen molar-refractivity contribution in [2.24, 2.45) is 0 Å². The van der Waals surface area contributed by atoms with Crippen LogP contribution in [-0.4, -0.2) is 61.3 Å². The van der Waals surface area contributed by atoms with Gasteiger partial charge in [-0.2, -0.15) is 0 Å². The third kappa shape index (κ3) is 4.52. The number of rotatable bonds is 5. The molecule has 0 aliphatic carbocycles. The van der Waals surface area contributed by atoms with Crippen LogP contribution >= 0.6 is 0 Å². The van der Waals surface area contributed by atoms with E-state index in [-0.39, 0.29) is 35.8 Å². The number of allylic oxidation sites excluding steroid dienone is 1. The van der Waals surface area contributed by atoms with E-state index in [4.69, 9.17) is 9.47 Å². The summed E-state index contributed by atoms with van der Waals surface area (Å²) in [7, 11) is 3.27. The van der Waals surface area contributed by atoms with Gasteiger partial charge in [0.25, 0.3) is 0 Å². The second kappa shape index (κ2) is 8.49. The average molecular weight is 365 g/mol. The summed E-state index contributed by atoms with van der Waals surface area (Å²) in [6, 6.07) is 0.215. The molecule has 0 amide bonds. The Morgan fingerprint density at radius 1 is 1.00 bits per heavy atom. The number of methoxy groups -OCH3 is 1. The molecule has 0 unspecified atom stereocenters. The molecule has 7 nitrogen and oxygen atoms in total. The fourth-order valence-corrected chi connectivity index (χ4v) is 3.54. The minimum absolute atomic E-state index is 0.0193. The fourth-order valence-electron chi connectivity index (χ4n) is 3.54. The van der Waals surface area contributed by atoms with E-state index in [0.29, 0.717) is 18.4 Å². The fraction of sp³-hybridized carbons (Fsp3) is 0.632. The van der Waals surface area contributed by atoms with Gasteiger partial charge in [-0.3, -0.25) is 4.90 Å². The van der Waals surface area contributed by atoms with Crippen molar-refractivity contribution in [2.45, 2.75) is 64.3 Å². The van der Waals surface area contributed by atoms with Crippen LogP contribution in [0.3, 0.4) is 0 Å². The molecule has 2 fully saturated rings. The van der Waals surface area contributed by atoms with Gasteiger partial charge in [-0.15, -0.1) is 0 Å². The van der Waals surface area contributed by atoms with E-state index in [1.165, 1.54) is 14.0 Å². The maximum atomic E-state index is 12.1. The molecule has 0 aromatic rings. The Kier molecular flexibility index (Phi) is 6.58. The molecule has 26 heavy (non-hydrogen) atoms. The average Bonchev–Trinajstić information content (AvgIpc) is 2.78.